The molecule has 0 aliphatic carbocycles. The first-order chi connectivity index (χ1) is 11.7. The van der Waals surface area contributed by atoms with Crippen molar-refractivity contribution < 1.29 is 9.47 Å². The second-order valence-electron chi connectivity index (χ2n) is 6.15. The minimum absolute atomic E-state index is 0.701. The predicted octanol–water partition coefficient (Wildman–Crippen LogP) is 3.47. The third-order valence-corrected chi connectivity index (χ3v) is 4.31. The third-order valence-electron chi connectivity index (χ3n) is 4.31. The molecular formula is C18H24N4O2. The molecule has 1 N–H and O–H groups in total. The zero-order valence-electron chi connectivity index (χ0n) is 14.5. The molecule has 1 unspecified atom stereocenters. The average molecular weight is 328 g/mol. The highest BCUT2D eigenvalue weighted by Crippen LogP contribution is 2.31. The Bertz CT molecular complexity index is 692. The molecule has 1 aliphatic heterocycles. The van der Waals surface area contributed by atoms with Gasteiger partial charge in [-0.3, -0.25) is 0 Å². The number of piperidine rings is 1. The fourth-order valence-electron chi connectivity index (χ4n) is 3.03. The summed E-state index contributed by atoms with van der Waals surface area (Å²) in [6.45, 7) is 4.38. The van der Waals surface area contributed by atoms with Gasteiger partial charge < -0.3 is 19.7 Å². The van der Waals surface area contributed by atoms with Crippen molar-refractivity contribution in [1.82, 2.24) is 9.97 Å². The molecule has 128 valence electrons. The van der Waals surface area contributed by atoms with E-state index in [0.29, 0.717) is 11.7 Å². The number of nitrogens with one attached hydrogen (secondary N) is 1. The van der Waals surface area contributed by atoms with E-state index in [-0.39, 0.29) is 0 Å². The lowest BCUT2D eigenvalue weighted by Crippen LogP contribution is -2.34. The van der Waals surface area contributed by atoms with E-state index in [2.05, 4.69) is 27.1 Å². The van der Waals surface area contributed by atoms with Crippen molar-refractivity contribution in [3.05, 3.63) is 30.6 Å². The van der Waals surface area contributed by atoms with Crippen LogP contribution in [-0.2, 0) is 0 Å². The summed E-state index contributed by atoms with van der Waals surface area (Å²) in [5.41, 5.74) is 0.843. The Hall–Kier alpha value is -2.50. The van der Waals surface area contributed by atoms with Crippen LogP contribution >= 0.6 is 0 Å². The topological polar surface area (TPSA) is 59.5 Å². The summed E-state index contributed by atoms with van der Waals surface area (Å²) in [5, 5.41) is 3.31. The van der Waals surface area contributed by atoms with E-state index in [4.69, 9.17) is 9.47 Å². The standard InChI is InChI=1S/C18H24N4O2/c1-13-5-4-8-22(11-13)18-10-17(19-12-20-18)21-15-7-6-14(23-2)9-16(15)24-3/h6-7,9-10,12-13H,4-5,8,11H2,1-3H3,(H,19,20,21). The smallest absolute Gasteiger partial charge is 0.146 e. The van der Waals surface area contributed by atoms with Crippen LogP contribution < -0.4 is 19.7 Å². The fraction of sp³-hybridized carbons (Fsp3) is 0.444. The maximum Gasteiger partial charge on any atom is 0.146 e. The Morgan fingerprint density at radius 2 is 2.04 bits per heavy atom. The summed E-state index contributed by atoms with van der Waals surface area (Å²) < 4.78 is 10.7. The average Bonchev–Trinajstić information content (AvgIpc) is 2.62. The van der Waals surface area contributed by atoms with E-state index in [1.54, 1.807) is 20.5 Å². The number of rotatable bonds is 5. The van der Waals surface area contributed by atoms with Gasteiger partial charge in [0.05, 0.1) is 19.9 Å². The lowest BCUT2D eigenvalue weighted by molar-refractivity contribution is 0.395. The van der Waals surface area contributed by atoms with E-state index >= 15 is 0 Å². The van der Waals surface area contributed by atoms with E-state index in [0.717, 1.165) is 36.2 Å². The molecule has 1 aromatic carbocycles. The van der Waals surface area contributed by atoms with Gasteiger partial charge in [-0.2, -0.15) is 0 Å². The lowest BCUT2D eigenvalue weighted by Gasteiger charge is -2.31. The Morgan fingerprint density at radius 1 is 1.17 bits per heavy atom. The van der Waals surface area contributed by atoms with Gasteiger partial charge in [-0.05, 0) is 30.9 Å². The van der Waals surface area contributed by atoms with Gasteiger partial charge in [-0.25, -0.2) is 9.97 Å². The number of methoxy groups -OCH3 is 2. The van der Waals surface area contributed by atoms with E-state index in [1.165, 1.54) is 12.8 Å². The first-order valence-electron chi connectivity index (χ1n) is 8.25. The molecule has 1 aliphatic rings. The number of hydrogen-bond donors (Lipinski definition) is 1. The molecule has 0 radical (unpaired) electrons. The molecule has 0 amide bonds. The predicted molar refractivity (Wildman–Crippen MR) is 95.5 cm³/mol. The van der Waals surface area contributed by atoms with Crippen molar-refractivity contribution in [3.8, 4) is 11.5 Å². The molecule has 1 atom stereocenters. The quantitative estimate of drug-likeness (QED) is 0.907. The van der Waals surface area contributed by atoms with Crippen LogP contribution in [-0.4, -0.2) is 37.3 Å². The first kappa shape index (κ1) is 16.4. The highest BCUT2D eigenvalue weighted by Gasteiger charge is 2.18. The molecule has 24 heavy (non-hydrogen) atoms. The van der Waals surface area contributed by atoms with Crippen molar-refractivity contribution in [2.45, 2.75) is 19.8 Å². The van der Waals surface area contributed by atoms with Gasteiger partial charge in [0, 0.05) is 25.2 Å². The van der Waals surface area contributed by atoms with E-state index in [9.17, 15) is 0 Å². The summed E-state index contributed by atoms with van der Waals surface area (Å²) >= 11 is 0. The van der Waals surface area contributed by atoms with Crippen LogP contribution in [0.2, 0.25) is 0 Å². The number of benzene rings is 1. The van der Waals surface area contributed by atoms with Gasteiger partial charge in [0.2, 0.25) is 0 Å². The molecule has 1 aromatic heterocycles. The SMILES string of the molecule is COc1ccc(Nc2cc(N3CCCC(C)C3)ncn2)c(OC)c1. The van der Waals surface area contributed by atoms with Crippen LogP contribution in [0.15, 0.2) is 30.6 Å². The summed E-state index contributed by atoms with van der Waals surface area (Å²) in [6.07, 6.45) is 4.10. The number of hydrogen-bond acceptors (Lipinski definition) is 6. The van der Waals surface area contributed by atoms with Gasteiger partial charge in [0.15, 0.2) is 0 Å². The summed E-state index contributed by atoms with van der Waals surface area (Å²) in [6, 6.07) is 7.64. The van der Waals surface area contributed by atoms with Crippen molar-refractivity contribution in [2.75, 3.05) is 37.5 Å². The Kier molecular flexibility index (Phi) is 5.03. The first-order valence-corrected chi connectivity index (χ1v) is 8.25. The second kappa shape index (κ2) is 7.38. The second-order valence-corrected chi connectivity index (χ2v) is 6.15. The van der Waals surface area contributed by atoms with Crippen LogP contribution in [0.5, 0.6) is 11.5 Å². The van der Waals surface area contributed by atoms with Crippen LogP contribution in [0, 0.1) is 5.92 Å². The Balaban J connectivity index is 1.79. The fourth-order valence-corrected chi connectivity index (χ4v) is 3.03. The minimum atomic E-state index is 0.701. The largest absolute Gasteiger partial charge is 0.497 e. The zero-order chi connectivity index (χ0) is 16.9. The van der Waals surface area contributed by atoms with Crippen molar-refractivity contribution >= 4 is 17.3 Å². The van der Waals surface area contributed by atoms with Gasteiger partial charge in [-0.1, -0.05) is 6.92 Å². The molecule has 2 aromatic rings. The zero-order valence-corrected chi connectivity index (χ0v) is 14.5. The highest BCUT2D eigenvalue weighted by atomic mass is 16.5. The van der Waals surface area contributed by atoms with Crippen molar-refractivity contribution in [2.24, 2.45) is 5.92 Å². The third kappa shape index (κ3) is 3.69. The summed E-state index contributed by atoms with van der Waals surface area (Å²) in [5.74, 6) is 3.88. The monoisotopic (exact) mass is 328 g/mol. The van der Waals surface area contributed by atoms with Crippen molar-refractivity contribution in [3.63, 3.8) is 0 Å². The Morgan fingerprint density at radius 3 is 2.79 bits per heavy atom. The van der Waals surface area contributed by atoms with Gasteiger partial charge in [0.1, 0.15) is 29.5 Å². The minimum Gasteiger partial charge on any atom is -0.497 e. The Labute approximate surface area is 142 Å². The molecule has 6 heteroatoms. The number of nitrogens with zero attached hydrogens (tertiary/aromatic N) is 3. The molecule has 1 saturated heterocycles. The highest BCUT2D eigenvalue weighted by molar-refractivity contribution is 5.67. The van der Waals surface area contributed by atoms with E-state index < -0.39 is 0 Å². The molecular weight excluding hydrogens is 304 g/mol. The number of anilines is 3. The molecule has 1 fully saturated rings. The normalized spacial score (nSPS) is 17.5. The molecule has 0 bridgehead atoms. The van der Waals surface area contributed by atoms with E-state index in [1.807, 2.05) is 24.3 Å². The van der Waals surface area contributed by atoms with Crippen LogP contribution in [0.1, 0.15) is 19.8 Å². The maximum absolute atomic E-state index is 5.42. The van der Waals surface area contributed by atoms with Crippen molar-refractivity contribution in [1.29, 1.82) is 0 Å². The lowest BCUT2D eigenvalue weighted by atomic mass is 10.0. The summed E-state index contributed by atoms with van der Waals surface area (Å²) in [7, 11) is 3.28. The van der Waals surface area contributed by atoms with Crippen LogP contribution in [0.3, 0.4) is 0 Å². The van der Waals surface area contributed by atoms with Gasteiger partial charge in [0.25, 0.3) is 0 Å². The van der Waals surface area contributed by atoms with Gasteiger partial charge in [-0.15, -0.1) is 0 Å². The summed E-state index contributed by atoms with van der Waals surface area (Å²) in [4.78, 5) is 11.1. The van der Waals surface area contributed by atoms with Crippen LogP contribution in [0.25, 0.3) is 0 Å². The molecule has 0 saturated carbocycles. The maximum atomic E-state index is 5.42. The molecule has 3 rings (SSSR count). The van der Waals surface area contributed by atoms with Gasteiger partial charge >= 0.3 is 0 Å². The molecule has 2 heterocycles. The number of aromatic nitrogens is 2. The molecule has 6 nitrogen and oxygen atoms in total. The molecule has 0 spiro atoms. The van der Waals surface area contributed by atoms with Crippen LogP contribution in [0.4, 0.5) is 17.3 Å². The number of ether oxygens (including phenoxy) is 2.